The lowest BCUT2D eigenvalue weighted by Gasteiger charge is -2.35. The van der Waals surface area contributed by atoms with Crippen LogP contribution in [0.3, 0.4) is 0 Å². The van der Waals surface area contributed by atoms with E-state index in [2.05, 4.69) is 38.2 Å². The van der Waals surface area contributed by atoms with Crippen LogP contribution in [0.5, 0.6) is 0 Å². The Hall–Kier alpha value is -0.910. The van der Waals surface area contributed by atoms with E-state index < -0.39 is 10.1 Å². The highest BCUT2D eigenvalue weighted by Crippen LogP contribution is 2.14. The van der Waals surface area contributed by atoms with Crippen LogP contribution in [0.2, 0.25) is 0 Å². The van der Waals surface area contributed by atoms with Crippen molar-refractivity contribution in [1.82, 2.24) is 0 Å². The maximum Gasteiger partial charge on any atom is 0.265 e. The third kappa shape index (κ3) is 14.7. The standard InChI is InChI=1S/C24H43NO3S/c1-3-4-5-6-7-8-9-10-11-15-20-25(2,21-16-23-29(26,27)28)22-19-24-17-13-12-14-18-24/h12-14,17-18H,3-11,15-16,19-23H2,1-2H3/p+1. The van der Waals surface area contributed by atoms with Crippen LogP contribution in [0.4, 0.5) is 0 Å². The fourth-order valence-corrected chi connectivity index (χ4v) is 4.48. The second-order valence-electron chi connectivity index (χ2n) is 8.85. The highest BCUT2D eigenvalue weighted by Gasteiger charge is 2.22. The molecule has 168 valence electrons. The number of nitrogens with zero attached hydrogens (tertiary/aromatic N) is 1. The van der Waals surface area contributed by atoms with Crippen molar-refractivity contribution in [2.75, 3.05) is 32.4 Å². The number of likely N-dealkylation sites (N-methyl/N-ethyl adjacent to an activating group) is 1. The molecule has 1 rings (SSSR count). The maximum absolute atomic E-state index is 11.1. The number of hydrogen-bond acceptors (Lipinski definition) is 2. The van der Waals surface area contributed by atoms with Crippen molar-refractivity contribution in [3.05, 3.63) is 35.9 Å². The summed E-state index contributed by atoms with van der Waals surface area (Å²) < 4.78 is 32.1. The minimum absolute atomic E-state index is 0.135. The summed E-state index contributed by atoms with van der Waals surface area (Å²) in [6.07, 6.45) is 14.8. The number of rotatable bonds is 18. The van der Waals surface area contributed by atoms with Gasteiger partial charge in [0.1, 0.15) is 0 Å². The SMILES string of the molecule is CCCCCCCCCCCC[N+](C)(CCCS(=O)(=O)O)CCc1ccccc1. The summed E-state index contributed by atoms with van der Waals surface area (Å²) in [6.45, 7) is 5.14. The Kier molecular flexibility index (Phi) is 13.5. The summed E-state index contributed by atoms with van der Waals surface area (Å²) in [5, 5.41) is 0. The van der Waals surface area contributed by atoms with E-state index in [0.717, 1.165) is 30.5 Å². The van der Waals surface area contributed by atoms with Gasteiger partial charge in [0.25, 0.3) is 10.1 Å². The van der Waals surface area contributed by atoms with E-state index in [1.54, 1.807) is 0 Å². The van der Waals surface area contributed by atoms with Crippen molar-refractivity contribution >= 4 is 10.1 Å². The van der Waals surface area contributed by atoms with Crippen LogP contribution < -0.4 is 0 Å². The summed E-state index contributed by atoms with van der Waals surface area (Å²) >= 11 is 0. The molecule has 1 unspecified atom stereocenters. The smallest absolute Gasteiger partial charge is 0.265 e. The number of quaternary nitrogens is 1. The van der Waals surface area contributed by atoms with Crippen LogP contribution in [0.25, 0.3) is 0 Å². The lowest BCUT2D eigenvalue weighted by Crippen LogP contribution is -2.47. The predicted octanol–water partition coefficient (Wildman–Crippen LogP) is 5.87. The molecular weight excluding hydrogens is 382 g/mol. The molecule has 0 heterocycles. The molecule has 0 saturated carbocycles. The lowest BCUT2D eigenvalue weighted by atomic mass is 10.1. The summed E-state index contributed by atoms with van der Waals surface area (Å²) in [5.74, 6) is -0.135. The molecule has 0 aliphatic carbocycles. The number of unbranched alkanes of at least 4 members (excludes halogenated alkanes) is 9. The number of benzene rings is 1. The van der Waals surface area contributed by atoms with Crippen LogP contribution in [0.1, 0.15) is 83.1 Å². The molecule has 0 aromatic heterocycles. The molecule has 0 fully saturated rings. The van der Waals surface area contributed by atoms with Gasteiger partial charge >= 0.3 is 0 Å². The fraction of sp³-hybridized carbons (Fsp3) is 0.750. The molecule has 1 atom stereocenters. The van der Waals surface area contributed by atoms with E-state index in [1.807, 2.05) is 6.07 Å². The fourth-order valence-electron chi connectivity index (χ4n) is 3.99. The van der Waals surface area contributed by atoms with Gasteiger partial charge in [-0.2, -0.15) is 8.42 Å². The van der Waals surface area contributed by atoms with Gasteiger partial charge in [-0.05, 0) is 18.4 Å². The molecule has 0 aliphatic heterocycles. The molecule has 0 bridgehead atoms. The molecule has 0 saturated heterocycles. The molecule has 0 amide bonds. The summed E-state index contributed by atoms with van der Waals surface area (Å²) in [5.41, 5.74) is 1.33. The molecule has 0 spiro atoms. The topological polar surface area (TPSA) is 54.4 Å². The van der Waals surface area contributed by atoms with Gasteiger partial charge < -0.3 is 4.48 Å². The van der Waals surface area contributed by atoms with E-state index in [-0.39, 0.29) is 5.75 Å². The van der Waals surface area contributed by atoms with Crippen LogP contribution in [0.15, 0.2) is 30.3 Å². The van der Waals surface area contributed by atoms with Gasteiger partial charge in [0.05, 0.1) is 32.4 Å². The second kappa shape index (κ2) is 15.0. The van der Waals surface area contributed by atoms with E-state index in [0.29, 0.717) is 6.42 Å². The first kappa shape index (κ1) is 26.1. The molecule has 1 N–H and O–H groups in total. The zero-order valence-corrected chi connectivity index (χ0v) is 19.6. The lowest BCUT2D eigenvalue weighted by molar-refractivity contribution is -0.909. The van der Waals surface area contributed by atoms with Gasteiger partial charge in [-0.3, -0.25) is 4.55 Å². The van der Waals surface area contributed by atoms with Gasteiger partial charge in [-0.1, -0.05) is 88.6 Å². The highest BCUT2D eigenvalue weighted by atomic mass is 32.2. The Morgan fingerprint density at radius 1 is 0.759 bits per heavy atom. The Balaban J connectivity index is 2.33. The minimum Gasteiger partial charge on any atom is -0.326 e. The molecule has 29 heavy (non-hydrogen) atoms. The Bertz CT molecular complexity index is 618. The van der Waals surface area contributed by atoms with Crippen molar-refractivity contribution in [3.63, 3.8) is 0 Å². The highest BCUT2D eigenvalue weighted by molar-refractivity contribution is 7.85. The van der Waals surface area contributed by atoms with Gasteiger partial charge in [-0.25, -0.2) is 0 Å². The predicted molar refractivity (Wildman–Crippen MR) is 124 cm³/mol. The third-order valence-electron chi connectivity index (χ3n) is 5.93. The Labute approximate surface area is 180 Å². The van der Waals surface area contributed by atoms with Crippen LogP contribution in [0, 0.1) is 0 Å². The van der Waals surface area contributed by atoms with Gasteiger partial charge in [-0.15, -0.1) is 0 Å². The molecular formula is C24H44NO3S+. The van der Waals surface area contributed by atoms with E-state index in [4.69, 9.17) is 4.55 Å². The first-order chi connectivity index (χ1) is 13.8. The summed E-state index contributed by atoms with van der Waals surface area (Å²) in [6, 6.07) is 10.5. The van der Waals surface area contributed by atoms with E-state index in [9.17, 15) is 8.42 Å². The molecule has 4 nitrogen and oxygen atoms in total. The van der Waals surface area contributed by atoms with Gasteiger partial charge in [0, 0.05) is 12.8 Å². The third-order valence-corrected chi connectivity index (χ3v) is 6.74. The van der Waals surface area contributed by atoms with Crippen molar-refractivity contribution < 1.29 is 17.5 Å². The zero-order chi connectivity index (χ0) is 21.4. The quantitative estimate of drug-likeness (QED) is 0.181. The van der Waals surface area contributed by atoms with Gasteiger partial charge in [0.15, 0.2) is 0 Å². The van der Waals surface area contributed by atoms with Crippen molar-refractivity contribution in [1.29, 1.82) is 0 Å². The molecule has 1 aromatic carbocycles. The first-order valence-electron chi connectivity index (χ1n) is 11.7. The summed E-state index contributed by atoms with van der Waals surface area (Å²) in [4.78, 5) is 0. The minimum atomic E-state index is -3.87. The second-order valence-corrected chi connectivity index (χ2v) is 10.4. The van der Waals surface area contributed by atoms with Crippen LogP contribution in [-0.2, 0) is 16.5 Å². The molecule has 1 aromatic rings. The van der Waals surface area contributed by atoms with Crippen LogP contribution in [-0.4, -0.2) is 49.9 Å². The molecule has 0 aliphatic rings. The van der Waals surface area contributed by atoms with Crippen molar-refractivity contribution in [3.8, 4) is 0 Å². The normalized spacial score (nSPS) is 14.0. The molecule has 5 heteroatoms. The van der Waals surface area contributed by atoms with Crippen LogP contribution >= 0.6 is 0 Å². The monoisotopic (exact) mass is 426 g/mol. The summed E-state index contributed by atoms with van der Waals surface area (Å²) in [7, 11) is -1.63. The molecule has 0 radical (unpaired) electrons. The van der Waals surface area contributed by atoms with E-state index >= 15 is 0 Å². The van der Waals surface area contributed by atoms with Crippen molar-refractivity contribution in [2.45, 2.75) is 84.0 Å². The largest absolute Gasteiger partial charge is 0.326 e. The van der Waals surface area contributed by atoms with E-state index in [1.165, 1.54) is 69.8 Å². The van der Waals surface area contributed by atoms with Crippen molar-refractivity contribution in [2.24, 2.45) is 0 Å². The maximum atomic E-state index is 11.1. The Morgan fingerprint density at radius 2 is 1.28 bits per heavy atom. The van der Waals surface area contributed by atoms with Gasteiger partial charge in [0.2, 0.25) is 0 Å². The average molecular weight is 427 g/mol. The Morgan fingerprint density at radius 3 is 1.83 bits per heavy atom. The number of hydrogen-bond donors (Lipinski definition) is 1. The zero-order valence-electron chi connectivity index (χ0n) is 18.8. The average Bonchev–Trinajstić information content (AvgIpc) is 2.68. The first-order valence-corrected chi connectivity index (χ1v) is 13.3.